The zero-order chi connectivity index (χ0) is 8.55. The lowest BCUT2D eigenvalue weighted by atomic mass is 10.3. The molecule has 2 aromatic rings. The van der Waals surface area contributed by atoms with Gasteiger partial charge in [-0.1, -0.05) is 6.07 Å². The van der Waals surface area contributed by atoms with Gasteiger partial charge in [-0.05, 0) is 11.4 Å². The third-order valence-electron chi connectivity index (χ3n) is 1.42. The lowest BCUT2D eigenvalue weighted by Gasteiger charge is -1.87. The Bertz CT molecular complexity index is 379. The molecular formula is C7H7N3OS. The maximum absolute atomic E-state index is 5.53. The molecule has 2 rings (SSSR count). The summed E-state index contributed by atoms with van der Waals surface area (Å²) in [6.45, 7) is 0. The Balaban J connectivity index is 2.54. The molecular weight excluding hydrogens is 174 g/mol. The molecule has 0 aliphatic rings. The Morgan fingerprint density at radius 2 is 2.25 bits per heavy atom. The first-order valence-corrected chi connectivity index (χ1v) is 4.21. The number of aromatic nitrogens is 1. The summed E-state index contributed by atoms with van der Waals surface area (Å²) in [5.41, 5.74) is 11.5. The molecule has 0 radical (unpaired) electrons. The Morgan fingerprint density at radius 1 is 1.42 bits per heavy atom. The third-order valence-corrected chi connectivity index (χ3v) is 2.30. The van der Waals surface area contributed by atoms with Crippen LogP contribution < -0.4 is 11.5 Å². The molecule has 0 fully saturated rings. The van der Waals surface area contributed by atoms with E-state index in [1.165, 1.54) is 0 Å². The molecule has 0 unspecified atom stereocenters. The zero-order valence-electron chi connectivity index (χ0n) is 6.15. The highest BCUT2D eigenvalue weighted by Crippen LogP contribution is 2.30. The van der Waals surface area contributed by atoms with Crippen LogP contribution in [0.4, 0.5) is 11.9 Å². The van der Waals surface area contributed by atoms with Crippen LogP contribution in [0, 0.1) is 0 Å². The second-order valence-corrected chi connectivity index (χ2v) is 3.19. The summed E-state index contributed by atoms with van der Waals surface area (Å²) in [5, 5.41) is 1.94. The second-order valence-electron chi connectivity index (χ2n) is 2.24. The molecule has 0 aliphatic heterocycles. The number of oxazole rings is 1. The molecule has 0 saturated carbocycles. The van der Waals surface area contributed by atoms with E-state index in [-0.39, 0.29) is 11.9 Å². The fourth-order valence-corrected chi connectivity index (χ4v) is 1.66. The summed E-state index contributed by atoms with van der Waals surface area (Å²) in [7, 11) is 0. The van der Waals surface area contributed by atoms with E-state index < -0.39 is 0 Å². The van der Waals surface area contributed by atoms with Crippen molar-refractivity contribution in [3.63, 3.8) is 0 Å². The van der Waals surface area contributed by atoms with E-state index in [0.29, 0.717) is 5.69 Å². The number of rotatable bonds is 1. The number of nitrogen functional groups attached to an aromatic ring is 2. The minimum atomic E-state index is 0.107. The van der Waals surface area contributed by atoms with Gasteiger partial charge in [0, 0.05) is 0 Å². The maximum Gasteiger partial charge on any atom is 0.294 e. The number of thiophene rings is 1. The third kappa shape index (κ3) is 1.04. The molecule has 2 heterocycles. The normalized spacial score (nSPS) is 10.3. The van der Waals surface area contributed by atoms with Gasteiger partial charge in [0.05, 0.1) is 4.88 Å². The first-order chi connectivity index (χ1) is 5.77. The van der Waals surface area contributed by atoms with Crippen LogP contribution in [0.25, 0.3) is 10.6 Å². The molecule has 12 heavy (non-hydrogen) atoms. The molecule has 0 aromatic carbocycles. The molecule has 0 bridgehead atoms. The Morgan fingerprint density at radius 3 is 2.75 bits per heavy atom. The number of hydrogen-bond acceptors (Lipinski definition) is 5. The van der Waals surface area contributed by atoms with Crippen molar-refractivity contribution in [2.45, 2.75) is 0 Å². The van der Waals surface area contributed by atoms with Crippen LogP contribution in [-0.4, -0.2) is 4.98 Å². The van der Waals surface area contributed by atoms with Crippen molar-refractivity contribution in [1.82, 2.24) is 4.98 Å². The van der Waals surface area contributed by atoms with Gasteiger partial charge in [-0.15, -0.1) is 11.3 Å². The average molecular weight is 181 g/mol. The standard InChI is InChI=1S/C7H7N3OS/c8-6-5(10-7(9)11-6)4-2-1-3-12-4/h1-3H,8H2,(H2,9,10). The van der Waals surface area contributed by atoms with Crippen molar-refractivity contribution in [2.24, 2.45) is 0 Å². The average Bonchev–Trinajstić information content (AvgIpc) is 2.58. The van der Waals surface area contributed by atoms with Gasteiger partial charge >= 0.3 is 0 Å². The van der Waals surface area contributed by atoms with Crippen LogP contribution in [0.5, 0.6) is 0 Å². The van der Waals surface area contributed by atoms with E-state index >= 15 is 0 Å². The van der Waals surface area contributed by atoms with Gasteiger partial charge in [0.2, 0.25) is 5.88 Å². The lowest BCUT2D eigenvalue weighted by Crippen LogP contribution is -1.83. The number of anilines is 2. The van der Waals surface area contributed by atoms with E-state index in [2.05, 4.69) is 4.98 Å². The predicted molar refractivity (Wildman–Crippen MR) is 48.6 cm³/mol. The zero-order valence-corrected chi connectivity index (χ0v) is 6.97. The second kappa shape index (κ2) is 2.53. The van der Waals surface area contributed by atoms with Crippen molar-refractivity contribution in [3.05, 3.63) is 17.5 Å². The summed E-state index contributed by atoms with van der Waals surface area (Å²) >= 11 is 1.55. The monoisotopic (exact) mass is 181 g/mol. The highest BCUT2D eigenvalue weighted by Gasteiger charge is 2.10. The van der Waals surface area contributed by atoms with Gasteiger partial charge in [-0.25, -0.2) is 0 Å². The van der Waals surface area contributed by atoms with Crippen molar-refractivity contribution in [1.29, 1.82) is 0 Å². The van der Waals surface area contributed by atoms with E-state index in [1.807, 2.05) is 17.5 Å². The molecule has 4 nitrogen and oxygen atoms in total. The van der Waals surface area contributed by atoms with Crippen molar-refractivity contribution in [3.8, 4) is 10.6 Å². The van der Waals surface area contributed by atoms with Gasteiger partial charge in [0.15, 0.2) is 0 Å². The van der Waals surface area contributed by atoms with E-state index in [9.17, 15) is 0 Å². The highest BCUT2D eigenvalue weighted by atomic mass is 32.1. The van der Waals surface area contributed by atoms with Crippen LogP contribution >= 0.6 is 11.3 Å². The van der Waals surface area contributed by atoms with Crippen LogP contribution in [0.2, 0.25) is 0 Å². The van der Waals surface area contributed by atoms with Crippen molar-refractivity contribution >= 4 is 23.2 Å². The van der Waals surface area contributed by atoms with Crippen molar-refractivity contribution < 1.29 is 4.42 Å². The van der Waals surface area contributed by atoms with Gasteiger partial charge in [0.25, 0.3) is 6.01 Å². The lowest BCUT2D eigenvalue weighted by molar-refractivity contribution is 0.600. The molecule has 0 spiro atoms. The minimum Gasteiger partial charge on any atom is -0.407 e. The van der Waals surface area contributed by atoms with Gasteiger partial charge in [-0.2, -0.15) is 4.98 Å². The first kappa shape index (κ1) is 7.17. The summed E-state index contributed by atoms with van der Waals surface area (Å²) in [4.78, 5) is 4.91. The number of hydrogen-bond donors (Lipinski definition) is 2. The number of nitrogens with zero attached hydrogens (tertiary/aromatic N) is 1. The van der Waals surface area contributed by atoms with E-state index in [4.69, 9.17) is 15.9 Å². The first-order valence-electron chi connectivity index (χ1n) is 3.33. The SMILES string of the molecule is Nc1nc(-c2cccs2)c(N)o1. The quantitative estimate of drug-likeness (QED) is 0.699. The van der Waals surface area contributed by atoms with Gasteiger partial charge < -0.3 is 15.9 Å². The van der Waals surface area contributed by atoms with E-state index in [0.717, 1.165) is 4.88 Å². The predicted octanol–water partition coefficient (Wildman–Crippen LogP) is 1.57. The van der Waals surface area contributed by atoms with Crippen LogP contribution in [0.1, 0.15) is 0 Å². The molecule has 5 heteroatoms. The smallest absolute Gasteiger partial charge is 0.294 e. The topological polar surface area (TPSA) is 78.1 Å². The van der Waals surface area contributed by atoms with Gasteiger partial charge in [-0.3, -0.25) is 0 Å². The Kier molecular flexibility index (Phi) is 1.51. The molecule has 4 N–H and O–H groups in total. The minimum absolute atomic E-state index is 0.107. The highest BCUT2D eigenvalue weighted by molar-refractivity contribution is 7.13. The fourth-order valence-electron chi connectivity index (χ4n) is 0.939. The van der Waals surface area contributed by atoms with Gasteiger partial charge in [0.1, 0.15) is 5.69 Å². The molecule has 62 valence electrons. The molecule has 0 amide bonds. The van der Waals surface area contributed by atoms with Crippen LogP contribution in [0.15, 0.2) is 21.9 Å². The molecule has 0 saturated heterocycles. The van der Waals surface area contributed by atoms with Crippen LogP contribution in [-0.2, 0) is 0 Å². The Labute approximate surface area is 72.8 Å². The molecule has 2 aromatic heterocycles. The number of nitrogens with two attached hydrogens (primary N) is 2. The van der Waals surface area contributed by atoms with E-state index in [1.54, 1.807) is 11.3 Å². The van der Waals surface area contributed by atoms with Crippen molar-refractivity contribution in [2.75, 3.05) is 11.5 Å². The maximum atomic E-state index is 5.53. The largest absolute Gasteiger partial charge is 0.407 e. The summed E-state index contributed by atoms with van der Waals surface area (Å²) in [6, 6.07) is 3.94. The van der Waals surface area contributed by atoms with Crippen LogP contribution in [0.3, 0.4) is 0 Å². The molecule has 0 atom stereocenters. The summed E-state index contributed by atoms with van der Waals surface area (Å²) < 4.78 is 4.89. The molecule has 0 aliphatic carbocycles. The fraction of sp³-hybridized carbons (Fsp3) is 0. The summed E-state index contributed by atoms with van der Waals surface area (Å²) in [5.74, 6) is 0.273. The Hall–Kier alpha value is -1.49. The summed E-state index contributed by atoms with van der Waals surface area (Å²) in [6.07, 6.45) is 0.